The van der Waals surface area contributed by atoms with Gasteiger partial charge in [-0.15, -0.1) is 11.8 Å². The summed E-state index contributed by atoms with van der Waals surface area (Å²) in [5.41, 5.74) is 0.688. The van der Waals surface area contributed by atoms with E-state index in [0.29, 0.717) is 15.6 Å². The van der Waals surface area contributed by atoms with Gasteiger partial charge >= 0.3 is 0 Å². The summed E-state index contributed by atoms with van der Waals surface area (Å²) in [7, 11) is 0. The van der Waals surface area contributed by atoms with Gasteiger partial charge in [-0.1, -0.05) is 59.1 Å². The first kappa shape index (κ1) is 21.9. The molecule has 0 aromatic heterocycles. The van der Waals surface area contributed by atoms with E-state index in [9.17, 15) is 4.39 Å². The molecule has 0 amide bonds. The predicted molar refractivity (Wildman–Crippen MR) is 93.9 cm³/mol. The second-order valence-electron chi connectivity index (χ2n) is 3.60. The summed E-state index contributed by atoms with van der Waals surface area (Å²) in [4.78, 5) is 0.587. The van der Waals surface area contributed by atoms with Gasteiger partial charge in [0.1, 0.15) is 5.82 Å². The Labute approximate surface area is 133 Å². The molecule has 0 aliphatic rings. The molecule has 0 spiro atoms. The summed E-state index contributed by atoms with van der Waals surface area (Å²) >= 11 is 7.41. The van der Waals surface area contributed by atoms with E-state index in [1.165, 1.54) is 30.7 Å². The Morgan fingerprint density at radius 3 is 2.25 bits per heavy atom. The fraction of sp³-hybridized carbons (Fsp3) is 0.625. The molecular formula is C16H29ClFNS. The summed E-state index contributed by atoms with van der Waals surface area (Å²) in [6.07, 6.45) is 5.27. The minimum Gasteiger partial charge on any atom is -0.384 e. The van der Waals surface area contributed by atoms with Gasteiger partial charge in [0, 0.05) is 11.4 Å². The van der Waals surface area contributed by atoms with Crippen molar-refractivity contribution in [3.63, 3.8) is 0 Å². The van der Waals surface area contributed by atoms with E-state index < -0.39 is 0 Å². The monoisotopic (exact) mass is 321 g/mol. The number of hydrogen-bond donors (Lipinski definition) is 1. The molecule has 1 aromatic carbocycles. The Hall–Kier alpha value is -0.410. The van der Waals surface area contributed by atoms with E-state index in [4.69, 9.17) is 11.6 Å². The van der Waals surface area contributed by atoms with Gasteiger partial charge in [0.2, 0.25) is 0 Å². The van der Waals surface area contributed by atoms with E-state index in [2.05, 4.69) is 12.2 Å². The summed E-state index contributed by atoms with van der Waals surface area (Å²) in [6, 6.07) is 3.14. The third kappa shape index (κ3) is 8.70. The van der Waals surface area contributed by atoms with E-state index in [1.54, 1.807) is 6.07 Å². The van der Waals surface area contributed by atoms with E-state index in [0.717, 1.165) is 13.0 Å². The highest BCUT2D eigenvalue weighted by molar-refractivity contribution is 7.98. The van der Waals surface area contributed by atoms with Crippen LogP contribution in [0, 0.1) is 5.82 Å². The number of nitrogens with one attached hydrogen (secondary N) is 1. The van der Waals surface area contributed by atoms with Gasteiger partial charge in [0.05, 0.1) is 10.7 Å². The third-order valence-corrected chi connectivity index (χ3v) is 3.40. The van der Waals surface area contributed by atoms with Crippen LogP contribution in [0.15, 0.2) is 17.0 Å². The van der Waals surface area contributed by atoms with Gasteiger partial charge in [-0.25, -0.2) is 4.39 Å². The zero-order valence-corrected chi connectivity index (χ0v) is 15.2. The Bertz CT molecular complexity index is 345. The average molecular weight is 322 g/mol. The highest BCUT2D eigenvalue weighted by atomic mass is 35.5. The van der Waals surface area contributed by atoms with Crippen molar-refractivity contribution in [3.05, 3.63) is 23.0 Å². The van der Waals surface area contributed by atoms with Crippen molar-refractivity contribution in [3.8, 4) is 0 Å². The zero-order chi connectivity index (χ0) is 16.0. The van der Waals surface area contributed by atoms with Crippen molar-refractivity contribution >= 4 is 29.1 Å². The quantitative estimate of drug-likeness (QED) is 0.454. The molecule has 0 bridgehead atoms. The molecule has 0 aliphatic heterocycles. The first-order chi connectivity index (χ1) is 9.69. The van der Waals surface area contributed by atoms with Crippen LogP contribution in [0.1, 0.15) is 53.9 Å². The number of hydrogen-bond acceptors (Lipinski definition) is 2. The van der Waals surface area contributed by atoms with Crippen molar-refractivity contribution in [1.29, 1.82) is 0 Å². The maximum Gasteiger partial charge on any atom is 0.138 e. The minimum absolute atomic E-state index is 0.213. The second kappa shape index (κ2) is 15.0. The van der Waals surface area contributed by atoms with E-state index in [-0.39, 0.29) is 5.82 Å². The maximum atomic E-state index is 13.5. The lowest BCUT2D eigenvalue weighted by molar-refractivity contribution is 0.602. The molecule has 0 radical (unpaired) electrons. The Morgan fingerprint density at radius 2 is 1.75 bits per heavy atom. The summed E-state index contributed by atoms with van der Waals surface area (Å²) in [5.74, 6) is -0.213. The predicted octanol–water partition coefficient (Wildman–Crippen LogP) is 6.86. The van der Waals surface area contributed by atoms with E-state index >= 15 is 0 Å². The maximum absolute atomic E-state index is 13.5. The highest BCUT2D eigenvalue weighted by Gasteiger charge is 2.07. The number of unbranched alkanes of at least 4 members (excludes halogenated alkanes) is 2. The van der Waals surface area contributed by atoms with Gasteiger partial charge < -0.3 is 5.32 Å². The van der Waals surface area contributed by atoms with Crippen LogP contribution in [0.2, 0.25) is 5.02 Å². The number of anilines is 1. The topological polar surface area (TPSA) is 12.0 Å². The molecule has 0 saturated carbocycles. The van der Waals surface area contributed by atoms with Crippen LogP contribution in [0.5, 0.6) is 0 Å². The minimum atomic E-state index is -0.213. The Kier molecular flexibility index (Phi) is 16.4. The van der Waals surface area contributed by atoms with Gasteiger partial charge in [-0.05, 0) is 24.8 Å². The molecule has 1 N–H and O–H groups in total. The molecule has 1 aromatic rings. The molecule has 118 valence electrons. The average Bonchev–Trinajstić information content (AvgIpc) is 2.50. The molecule has 1 nitrogen and oxygen atoms in total. The Balaban J connectivity index is 0. The van der Waals surface area contributed by atoms with Crippen molar-refractivity contribution in [2.24, 2.45) is 0 Å². The Morgan fingerprint density at radius 1 is 1.15 bits per heavy atom. The van der Waals surface area contributed by atoms with Crippen molar-refractivity contribution < 1.29 is 4.39 Å². The molecule has 0 fully saturated rings. The fourth-order valence-corrected chi connectivity index (χ4v) is 2.20. The lowest BCUT2D eigenvalue weighted by Crippen LogP contribution is -2.02. The number of rotatable bonds is 6. The molecule has 0 atom stereocenters. The van der Waals surface area contributed by atoms with Crippen LogP contribution in [0.3, 0.4) is 0 Å². The van der Waals surface area contributed by atoms with Crippen LogP contribution in [0.4, 0.5) is 10.1 Å². The SMILES string of the molecule is CC.CC.CCCCCNc1cc(F)c(SC)cc1Cl. The molecule has 0 aliphatic carbocycles. The molecule has 1 rings (SSSR count). The van der Waals surface area contributed by atoms with Crippen molar-refractivity contribution in [1.82, 2.24) is 0 Å². The van der Waals surface area contributed by atoms with Crippen LogP contribution >= 0.6 is 23.4 Å². The normalized spacial score (nSPS) is 9.00. The van der Waals surface area contributed by atoms with Crippen molar-refractivity contribution in [2.75, 3.05) is 18.1 Å². The molecule has 0 unspecified atom stereocenters. The molecule has 4 heteroatoms. The summed E-state index contributed by atoms with van der Waals surface area (Å²) < 4.78 is 13.5. The number of benzene rings is 1. The zero-order valence-electron chi connectivity index (χ0n) is 13.6. The first-order valence-corrected chi connectivity index (χ1v) is 9.06. The first-order valence-electron chi connectivity index (χ1n) is 7.46. The third-order valence-electron chi connectivity index (χ3n) is 2.34. The van der Waals surface area contributed by atoms with Crippen LogP contribution in [0.25, 0.3) is 0 Å². The molecule has 20 heavy (non-hydrogen) atoms. The molecular weight excluding hydrogens is 293 g/mol. The van der Waals surface area contributed by atoms with Crippen LogP contribution in [-0.2, 0) is 0 Å². The van der Waals surface area contributed by atoms with E-state index in [1.807, 2.05) is 34.0 Å². The summed E-state index contributed by atoms with van der Waals surface area (Å²) in [6.45, 7) is 11.0. The number of thioether (sulfide) groups is 1. The lowest BCUT2D eigenvalue weighted by Gasteiger charge is -2.10. The standard InChI is InChI=1S/C12H17ClFNS.2C2H6/c1-3-4-5-6-15-11-8-10(14)12(16-2)7-9(11)13;2*1-2/h7-8,15H,3-6H2,1-2H3;2*1-2H3. The van der Waals surface area contributed by atoms with Gasteiger partial charge in [0.25, 0.3) is 0 Å². The van der Waals surface area contributed by atoms with Crippen molar-refractivity contribution in [2.45, 2.75) is 58.8 Å². The summed E-state index contributed by atoms with van der Waals surface area (Å²) in [5, 5.41) is 3.74. The highest BCUT2D eigenvalue weighted by Crippen LogP contribution is 2.30. The van der Waals surface area contributed by atoms with Gasteiger partial charge in [-0.2, -0.15) is 0 Å². The fourth-order valence-electron chi connectivity index (χ4n) is 1.42. The van der Waals surface area contributed by atoms with Gasteiger partial charge in [-0.3, -0.25) is 0 Å². The second-order valence-corrected chi connectivity index (χ2v) is 4.86. The van der Waals surface area contributed by atoms with Gasteiger partial charge in [0.15, 0.2) is 0 Å². The number of halogens is 2. The van der Waals surface area contributed by atoms with Crippen LogP contribution < -0.4 is 5.32 Å². The van der Waals surface area contributed by atoms with Crippen LogP contribution in [-0.4, -0.2) is 12.8 Å². The smallest absolute Gasteiger partial charge is 0.138 e. The molecule has 0 saturated heterocycles. The lowest BCUT2D eigenvalue weighted by atomic mass is 10.2. The molecule has 0 heterocycles. The largest absolute Gasteiger partial charge is 0.384 e.